The minimum absolute atomic E-state index is 0.316. The Morgan fingerprint density at radius 2 is 2.17 bits per heavy atom. The van der Waals surface area contributed by atoms with E-state index < -0.39 is 11.5 Å². The summed E-state index contributed by atoms with van der Waals surface area (Å²) in [6, 6.07) is 0. The zero-order valence-corrected chi connectivity index (χ0v) is 7.71. The summed E-state index contributed by atoms with van der Waals surface area (Å²) in [5.41, 5.74) is 8.97. The number of amides is 1. The molecule has 2 atom stereocenters. The zero-order chi connectivity index (χ0) is 9.78. The molecule has 0 fully saturated rings. The van der Waals surface area contributed by atoms with Gasteiger partial charge in [0.25, 0.3) is 0 Å². The lowest BCUT2D eigenvalue weighted by atomic mass is 9.94. The molecular formula is C8H18N2O2. The largest absolute Gasteiger partial charge is 0.380 e. The standard InChI is InChI=1S/C8H18N2O2/c1-6(5-9)3-4-8(2,12)7(10)11/h6,12H,3-5,9H2,1-2H3,(H2,10,11). The molecule has 0 aliphatic heterocycles. The quantitative estimate of drug-likeness (QED) is 0.529. The van der Waals surface area contributed by atoms with Crippen LogP contribution in [0.15, 0.2) is 0 Å². The Labute approximate surface area is 72.9 Å². The lowest BCUT2D eigenvalue weighted by Crippen LogP contribution is -2.41. The highest BCUT2D eigenvalue weighted by Crippen LogP contribution is 2.15. The second-order valence-corrected chi connectivity index (χ2v) is 3.52. The third-order valence-electron chi connectivity index (χ3n) is 2.06. The SMILES string of the molecule is CC(CN)CCC(C)(O)C(N)=O. The molecule has 0 aromatic heterocycles. The van der Waals surface area contributed by atoms with Crippen molar-refractivity contribution >= 4 is 5.91 Å². The van der Waals surface area contributed by atoms with Crippen molar-refractivity contribution in [3.63, 3.8) is 0 Å². The molecular weight excluding hydrogens is 156 g/mol. The van der Waals surface area contributed by atoms with Crippen LogP contribution in [0, 0.1) is 5.92 Å². The summed E-state index contributed by atoms with van der Waals surface area (Å²) in [7, 11) is 0. The topological polar surface area (TPSA) is 89.3 Å². The monoisotopic (exact) mass is 174 g/mol. The van der Waals surface area contributed by atoms with E-state index in [1.807, 2.05) is 6.92 Å². The second-order valence-electron chi connectivity index (χ2n) is 3.52. The van der Waals surface area contributed by atoms with Gasteiger partial charge in [-0.05, 0) is 32.2 Å². The molecule has 0 aromatic rings. The second kappa shape index (κ2) is 4.42. The van der Waals surface area contributed by atoms with Crippen molar-refractivity contribution in [1.82, 2.24) is 0 Å². The van der Waals surface area contributed by atoms with Crippen LogP contribution in [-0.4, -0.2) is 23.2 Å². The van der Waals surface area contributed by atoms with Crippen LogP contribution in [0.3, 0.4) is 0 Å². The van der Waals surface area contributed by atoms with Gasteiger partial charge >= 0.3 is 0 Å². The summed E-state index contributed by atoms with van der Waals surface area (Å²) < 4.78 is 0. The molecule has 1 amide bonds. The summed E-state index contributed by atoms with van der Waals surface area (Å²) in [5, 5.41) is 9.42. The van der Waals surface area contributed by atoms with Crippen molar-refractivity contribution < 1.29 is 9.90 Å². The van der Waals surface area contributed by atoms with Gasteiger partial charge in [0.05, 0.1) is 0 Å². The Morgan fingerprint density at radius 3 is 2.50 bits per heavy atom. The molecule has 4 nitrogen and oxygen atoms in total. The maximum absolute atomic E-state index is 10.7. The number of aliphatic hydroxyl groups is 1. The van der Waals surface area contributed by atoms with E-state index in [1.54, 1.807) is 0 Å². The first-order valence-corrected chi connectivity index (χ1v) is 4.12. The average Bonchev–Trinajstić information content (AvgIpc) is 2.00. The van der Waals surface area contributed by atoms with E-state index in [4.69, 9.17) is 11.5 Å². The maximum atomic E-state index is 10.7. The van der Waals surface area contributed by atoms with Gasteiger partial charge in [-0.15, -0.1) is 0 Å². The first-order chi connectivity index (χ1) is 5.40. The molecule has 72 valence electrons. The zero-order valence-electron chi connectivity index (χ0n) is 7.71. The van der Waals surface area contributed by atoms with E-state index in [-0.39, 0.29) is 0 Å². The first kappa shape index (κ1) is 11.4. The normalized spacial score (nSPS) is 18.3. The van der Waals surface area contributed by atoms with E-state index >= 15 is 0 Å². The molecule has 0 bridgehead atoms. The Bertz CT molecular complexity index is 157. The molecule has 0 rings (SSSR count). The van der Waals surface area contributed by atoms with Gasteiger partial charge in [0.2, 0.25) is 5.91 Å². The Balaban J connectivity index is 3.83. The van der Waals surface area contributed by atoms with Gasteiger partial charge in [-0.2, -0.15) is 0 Å². The number of primary amides is 1. The highest BCUT2D eigenvalue weighted by atomic mass is 16.3. The fourth-order valence-corrected chi connectivity index (χ4v) is 0.769. The maximum Gasteiger partial charge on any atom is 0.249 e. The minimum Gasteiger partial charge on any atom is -0.380 e. The van der Waals surface area contributed by atoms with E-state index in [0.717, 1.165) is 0 Å². The number of rotatable bonds is 5. The van der Waals surface area contributed by atoms with Gasteiger partial charge < -0.3 is 16.6 Å². The molecule has 5 N–H and O–H groups in total. The van der Waals surface area contributed by atoms with E-state index in [0.29, 0.717) is 25.3 Å². The Hall–Kier alpha value is -0.610. The lowest BCUT2D eigenvalue weighted by Gasteiger charge is -2.20. The molecule has 12 heavy (non-hydrogen) atoms. The highest BCUT2D eigenvalue weighted by molar-refractivity contribution is 5.82. The van der Waals surface area contributed by atoms with Crippen LogP contribution in [0.4, 0.5) is 0 Å². The number of hydrogen-bond acceptors (Lipinski definition) is 3. The summed E-state index contributed by atoms with van der Waals surface area (Å²) in [6.07, 6.45) is 1.09. The molecule has 4 heteroatoms. The fraction of sp³-hybridized carbons (Fsp3) is 0.875. The van der Waals surface area contributed by atoms with E-state index in [2.05, 4.69) is 0 Å². The Kier molecular flexibility index (Phi) is 4.20. The fourth-order valence-electron chi connectivity index (χ4n) is 0.769. The average molecular weight is 174 g/mol. The van der Waals surface area contributed by atoms with Crippen LogP contribution in [0.2, 0.25) is 0 Å². The predicted molar refractivity (Wildman–Crippen MR) is 47.3 cm³/mol. The number of carbonyl (C=O) groups is 1. The van der Waals surface area contributed by atoms with Crippen molar-refractivity contribution in [2.45, 2.75) is 32.3 Å². The first-order valence-electron chi connectivity index (χ1n) is 4.12. The van der Waals surface area contributed by atoms with Crippen LogP contribution in [0.1, 0.15) is 26.7 Å². The number of nitrogens with two attached hydrogens (primary N) is 2. The molecule has 0 aromatic carbocycles. The van der Waals surface area contributed by atoms with Crippen LogP contribution in [-0.2, 0) is 4.79 Å². The van der Waals surface area contributed by atoms with Gasteiger partial charge in [-0.25, -0.2) is 0 Å². The van der Waals surface area contributed by atoms with Gasteiger partial charge in [-0.1, -0.05) is 6.92 Å². The molecule has 0 radical (unpaired) electrons. The Morgan fingerprint density at radius 1 is 1.67 bits per heavy atom. The van der Waals surface area contributed by atoms with E-state index in [9.17, 15) is 9.90 Å². The number of carbonyl (C=O) groups excluding carboxylic acids is 1. The molecule has 0 spiro atoms. The summed E-state index contributed by atoms with van der Waals surface area (Å²) in [6.45, 7) is 3.96. The molecule has 0 aliphatic carbocycles. The predicted octanol–water partition coefficient (Wildman–Crippen LogP) is -0.402. The van der Waals surface area contributed by atoms with Gasteiger partial charge in [0, 0.05) is 0 Å². The van der Waals surface area contributed by atoms with Crippen molar-refractivity contribution in [3.05, 3.63) is 0 Å². The summed E-state index contributed by atoms with van der Waals surface area (Å²) in [4.78, 5) is 10.7. The van der Waals surface area contributed by atoms with Crippen molar-refractivity contribution in [3.8, 4) is 0 Å². The third kappa shape index (κ3) is 3.69. The minimum atomic E-state index is -1.39. The highest BCUT2D eigenvalue weighted by Gasteiger charge is 2.27. The van der Waals surface area contributed by atoms with Crippen LogP contribution >= 0.6 is 0 Å². The van der Waals surface area contributed by atoms with Crippen molar-refractivity contribution in [2.75, 3.05) is 6.54 Å². The summed E-state index contributed by atoms with van der Waals surface area (Å²) >= 11 is 0. The number of hydrogen-bond donors (Lipinski definition) is 3. The van der Waals surface area contributed by atoms with E-state index in [1.165, 1.54) is 6.92 Å². The van der Waals surface area contributed by atoms with Crippen molar-refractivity contribution in [1.29, 1.82) is 0 Å². The van der Waals surface area contributed by atoms with Gasteiger partial charge in [-0.3, -0.25) is 4.79 Å². The lowest BCUT2D eigenvalue weighted by molar-refractivity contribution is -0.135. The van der Waals surface area contributed by atoms with Gasteiger partial charge in [0.15, 0.2) is 0 Å². The van der Waals surface area contributed by atoms with Gasteiger partial charge in [0.1, 0.15) is 5.60 Å². The van der Waals surface area contributed by atoms with Crippen molar-refractivity contribution in [2.24, 2.45) is 17.4 Å². The summed E-state index contributed by atoms with van der Waals surface area (Å²) in [5.74, 6) is -0.359. The van der Waals surface area contributed by atoms with Crippen LogP contribution in [0.25, 0.3) is 0 Å². The third-order valence-corrected chi connectivity index (χ3v) is 2.06. The molecule has 0 aliphatic rings. The molecule has 0 saturated heterocycles. The molecule has 2 unspecified atom stereocenters. The van der Waals surface area contributed by atoms with Crippen LogP contribution < -0.4 is 11.5 Å². The smallest absolute Gasteiger partial charge is 0.249 e. The van der Waals surface area contributed by atoms with Crippen LogP contribution in [0.5, 0.6) is 0 Å². The molecule has 0 heterocycles. The molecule has 0 saturated carbocycles.